The van der Waals surface area contributed by atoms with E-state index in [0.717, 1.165) is 10.9 Å². The molecule has 1 aromatic heterocycles. The first kappa shape index (κ1) is 14.2. The van der Waals surface area contributed by atoms with E-state index in [9.17, 15) is 9.59 Å². The summed E-state index contributed by atoms with van der Waals surface area (Å²) in [4.78, 5) is 28.3. The van der Waals surface area contributed by atoms with E-state index >= 15 is 0 Å². The van der Waals surface area contributed by atoms with Gasteiger partial charge in [0.25, 0.3) is 11.8 Å². The van der Waals surface area contributed by atoms with Crippen LogP contribution < -0.4 is 15.4 Å². The predicted octanol–water partition coefficient (Wildman–Crippen LogP) is 2.82. The number of aromatic nitrogens is 1. The third-order valence-electron chi connectivity index (χ3n) is 3.76. The SMILES string of the molecule is O=C1COc2ccc(NC(=O)c3ccnc4ccccc34)cc2N1. The van der Waals surface area contributed by atoms with Crippen LogP contribution in [0.25, 0.3) is 10.9 Å². The molecular weight excluding hydrogens is 306 g/mol. The second-order valence-corrected chi connectivity index (χ2v) is 5.38. The highest BCUT2D eigenvalue weighted by Crippen LogP contribution is 2.30. The van der Waals surface area contributed by atoms with Gasteiger partial charge in [0.2, 0.25) is 0 Å². The second-order valence-electron chi connectivity index (χ2n) is 5.38. The number of carbonyl (C=O) groups excluding carboxylic acids is 2. The molecule has 3 aromatic rings. The van der Waals surface area contributed by atoms with Crippen LogP contribution >= 0.6 is 0 Å². The number of ether oxygens (including phenoxy) is 1. The summed E-state index contributed by atoms with van der Waals surface area (Å²) in [5.74, 6) is 0.129. The number of hydrogen-bond donors (Lipinski definition) is 2. The molecule has 0 fully saturated rings. The van der Waals surface area contributed by atoms with Crippen molar-refractivity contribution in [3.63, 3.8) is 0 Å². The third-order valence-corrected chi connectivity index (χ3v) is 3.76. The molecule has 24 heavy (non-hydrogen) atoms. The Labute approximate surface area is 137 Å². The lowest BCUT2D eigenvalue weighted by molar-refractivity contribution is -0.118. The topological polar surface area (TPSA) is 80.3 Å². The first-order valence-corrected chi connectivity index (χ1v) is 7.42. The second kappa shape index (κ2) is 5.66. The summed E-state index contributed by atoms with van der Waals surface area (Å²) < 4.78 is 5.30. The zero-order valence-electron chi connectivity index (χ0n) is 12.6. The minimum absolute atomic E-state index is 0.00170. The third kappa shape index (κ3) is 2.54. The van der Waals surface area contributed by atoms with Crippen LogP contribution in [0, 0.1) is 0 Å². The van der Waals surface area contributed by atoms with Gasteiger partial charge in [0.15, 0.2) is 6.61 Å². The quantitative estimate of drug-likeness (QED) is 0.761. The molecule has 1 aliphatic heterocycles. The molecule has 0 unspecified atom stereocenters. The number of fused-ring (bicyclic) bond motifs is 2. The predicted molar refractivity (Wildman–Crippen MR) is 90.3 cm³/mol. The van der Waals surface area contributed by atoms with E-state index in [4.69, 9.17) is 4.74 Å². The van der Waals surface area contributed by atoms with E-state index in [0.29, 0.717) is 22.7 Å². The molecule has 2 aromatic carbocycles. The van der Waals surface area contributed by atoms with Gasteiger partial charge >= 0.3 is 0 Å². The minimum atomic E-state index is -0.239. The average molecular weight is 319 g/mol. The monoisotopic (exact) mass is 319 g/mol. The van der Waals surface area contributed by atoms with Crippen molar-refractivity contribution < 1.29 is 14.3 Å². The van der Waals surface area contributed by atoms with Gasteiger partial charge in [-0.25, -0.2) is 0 Å². The molecule has 4 rings (SSSR count). The fourth-order valence-electron chi connectivity index (χ4n) is 2.65. The summed E-state index contributed by atoms with van der Waals surface area (Å²) in [6.07, 6.45) is 1.61. The van der Waals surface area contributed by atoms with E-state index in [-0.39, 0.29) is 18.4 Å². The highest BCUT2D eigenvalue weighted by molar-refractivity contribution is 6.12. The van der Waals surface area contributed by atoms with Crippen molar-refractivity contribution in [2.45, 2.75) is 0 Å². The maximum absolute atomic E-state index is 12.6. The molecule has 0 saturated carbocycles. The molecule has 0 saturated heterocycles. The highest BCUT2D eigenvalue weighted by atomic mass is 16.5. The van der Waals surface area contributed by atoms with Crippen LogP contribution in [0.15, 0.2) is 54.7 Å². The molecule has 0 aliphatic carbocycles. The van der Waals surface area contributed by atoms with Gasteiger partial charge in [-0.15, -0.1) is 0 Å². The molecule has 2 heterocycles. The van der Waals surface area contributed by atoms with Crippen molar-refractivity contribution in [1.82, 2.24) is 4.98 Å². The molecule has 2 amide bonds. The molecule has 2 N–H and O–H groups in total. The number of hydrogen-bond acceptors (Lipinski definition) is 4. The van der Waals surface area contributed by atoms with Crippen LogP contribution in [-0.4, -0.2) is 23.4 Å². The number of nitrogens with zero attached hydrogens (tertiary/aromatic N) is 1. The van der Waals surface area contributed by atoms with Crippen molar-refractivity contribution in [2.75, 3.05) is 17.2 Å². The zero-order chi connectivity index (χ0) is 16.5. The molecule has 1 aliphatic rings. The molecule has 0 spiro atoms. The lowest BCUT2D eigenvalue weighted by Crippen LogP contribution is -2.25. The summed E-state index contributed by atoms with van der Waals surface area (Å²) in [5.41, 5.74) is 2.42. The van der Waals surface area contributed by atoms with Gasteiger partial charge in [-0.2, -0.15) is 0 Å². The van der Waals surface area contributed by atoms with Gasteiger partial charge in [-0.3, -0.25) is 14.6 Å². The Balaban J connectivity index is 1.64. The Hall–Kier alpha value is -3.41. The molecule has 0 radical (unpaired) electrons. The summed E-state index contributed by atoms with van der Waals surface area (Å²) >= 11 is 0. The van der Waals surface area contributed by atoms with E-state index in [1.165, 1.54) is 0 Å². The molecular formula is C18H13N3O3. The van der Waals surface area contributed by atoms with Crippen LogP contribution in [-0.2, 0) is 4.79 Å². The highest BCUT2D eigenvalue weighted by Gasteiger charge is 2.17. The first-order valence-electron chi connectivity index (χ1n) is 7.42. The summed E-state index contributed by atoms with van der Waals surface area (Å²) in [6, 6.07) is 14.3. The van der Waals surface area contributed by atoms with Crippen LogP contribution in [0.1, 0.15) is 10.4 Å². The lowest BCUT2D eigenvalue weighted by Gasteiger charge is -2.18. The largest absolute Gasteiger partial charge is 0.482 e. The average Bonchev–Trinajstić information content (AvgIpc) is 2.61. The Morgan fingerprint density at radius 2 is 2.04 bits per heavy atom. The Morgan fingerprint density at radius 3 is 2.96 bits per heavy atom. The zero-order valence-corrected chi connectivity index (χ0v) is 12.6. The van der Waals surface area contributed by atoms with Crippen molar-refractivity contribution >= 4 is 34.1 Å². The van der Waals surface area contributed by atoms with Crippen molar-refractivity contribution in [3.05, 3.63) is 60.3 Å². The Morgan fingerprint density at radius 1 is 1.17 bits per heavy atom. The van der Waals surface area contributed by atoms with E-state index in [2.05, 4.69) is 15.6 Å². The number of anilines is 2. The van der Waals surface area contributed by atoms with E-state index in [1.807, 2.05) is 24.3 Å². The van der Waals surface area contributed by atoms with Crippen molar-refractivity contribution in [3.8, 4) is 5.75 Å². The lowest BCUT2D eigenvalue weighted by atomic mass is 10.1. The normalized spacial score (nSPS) is 12.9. The van der Waals surface area contributed by atoms with Crippen LogP contribution in [0.5, 0.6) is 5.75 Å². The molecule has 6 nitrogen and oxygen atoms in total. The van der Waals surface area contributed by atoms with Gasteiger partial charge in [0, 0.05) is 17.3 Å². The molecule has 118 valence electrons. The maximum atomic E-state index is 12.6. The number of benzene rings is 2. The van der Waals surface area contributed by atoms with Gasteiger partial charge in [-0.05, 0) is 30.3 Å². The van der Waals surface area contributed by atoms with Gasteiger partial charge in [-0.1, -0.05) is 18.2 Å². The minimum Gasteiger partial charge on any atom is -0.482 e. The summed E-state index contributed by atoms with van der Waals surface area (Å²) in [5, 5.41) is 6.34. The van der Waals surface area contributed by atoms with Crippen molar-refractivity contribution in [1.29, 1.82) is 0 Å². The number of nitrogens with one attached hydrogen (secondary N) is 2. The Bertz CT molecular complexity index is 963. The molecule has 0 bridgehead atoms. The Kier molecular flexibility index (Phi) is 3.35. The number of rotatable bonds is 2. The first-order chi connectivity index (χ1) is 11.7. The van der Waals surface area contributed by atoms with Gasteiger partial charge in [0.1, 0.15) is 5.75 Å². The fraction of sp³-hybridized carbons (Fsp3) is 0.0556. The van der Waals surface area contributed by atoms with Crippen molar-refractivity contribution in [2.24, 2.45) is 0 Å². The van der Waals surface area contributed by atoms with Crippen LogP contribution in [0.2, 0.25) is 0 Å². The summed E-state index contributed by atoms with van der Waals surface area (Å²) in [7, 11) is 0. The number of carbonyl (C=O) groups is 2. The number of amides is 2. The van der Waals surface area contributed by atoms with Crippen LogP contribution in [0.4, 0.5) is 11.4 Å². The van der Waals surface area contributed by atoms with Crippen LogP contribution in [0.3, 0.4) is 0 Å². The fourth-order valence-corrected chi connectivity index (χ4v) is 2.65. The molecule has 6 heteroatoms. The van der Waals surface area contributed by atoms with Gasteiger partial charge in [0.05, 0.1) is 16.8 Å². The standard InChI is InChI=1S/C18H13N3O3/c22-17-10-24-16-6-5-11(9-15(16)21-17)20-18(23)13-7-8-19-14-4-2-1-3-12(13)14/h1-9H,10H2,(H,20,23)(H,21,22). The number of pyridine rings is 1. The summed E-state index contributed by atoms with van der Waals surface area (Å²) in [6.45, 7) is 0.00170. The number of para-hydroxylation sites is 1. The van der Waals surface area contributed by atoms with E-state index < -0.39 is 0 Å². The van der Waals surface area contributed by atoms with E-state index in [1.54, 1.807) is 30.5 Å². The maximum Gasteiger partial charge on any atom is 0.262 e. The smallest absolute Gasteiger partial charge is 0.262 e. The van der Waals surface area contributed by atoms with Gasteiger partial charge < -0.3 is 15.4 Å². The molecule has 0 atom stereocenters.